The van der Waals surface area contributed by atoms with Gasteiger partial charge in [-0.2, -0.15) is 8.78 Å². The summed E-state index contributed by atoms with van der Waals surface area (Å²) in [6.45, 7) is -0.992. The van der Waals surface area contributed by atoms with Crippen LogP contribution in [0.3, 0.4) is 0 Å². The van der Waals surface area contributed by atoms with Gasteiger partial charge >= 0.3 is 12.3 Å². The Bertz CT molecular complexity index is 531. The van der Waals surface area contributed by atoms with Crippen LogP contribution in [0.1, 0.15) is 4.88 Å². The molecule has 0 aliphatic rings. The zero-order valence-corrected chi connectivity index (χ0v) is 12.1. The summed E-state index contributed by atoms with van der Waals surface area (Å²) >= 11 is 0.916. The van der Waals surface area contributed by atoms with Gasteiger partial charge in [-0.05, 0) is 32.1 Å². The van der Waals surface area contributed by atoms with Gasteiger partial charge in [-0.15, -0.1) is 11.3 Å². The summed E-state index contributed by atoms with van der Waals surface area (Å²) in [7, 11) is -2.46. The van der Waals surface area contributed by atoms with Gasteiger partial charge in [-0.3, -0.25) is 0 Å². The van der Waals surface area contributed by atoms with Crippen molar-refractivity contribution in [2.24, 2.45) is 0 Å². The van der Waals surface area contributed by atoms with Crippen molar-refractivity contribution in [1.82, 2.24) is 10.0 Å². The number of thiophene rings is 1. The minimum absolute atomic E-state index is 0.173. The van der Waals surface area contributed by atoms with Gasteiger partial charge in [0.2, 0.25) is 10.0 Å². The number of hydrogen-bond acceptors (Lipinski definition) is 4. The molecule has 0 amide bonds. The molecule has 1 aromatic heterocycles. The summed E-state index contributed by atoms with van der Waals surface area (Å²) in [5, 5.41) is 2.88. The molecular weight excluding hydrogens is 320 g/mol. The molecule has 10 heteroatoms. The van der Waals surface area contributed by atoms with Crippen molar-refractivity contribution in [1.29, 1.82) is 0 Å². The smallest absolute Gasteiger partial charge is 0.319 e. The van der Waals surface area contributed by atoms with Gasteiger partial charge in [0.15, 0.2) is 0 Å². The molecule has 0 fully saturated rings. The molecule has 1 heterocycles. The van der Waals surface area contributed by atoms with Crippen LogP contribution in [0.5, 0.6) is 0 Å². The maximum Gasteiger partial charge on any atom is 0.320 e. The van der Waals surface area contributed by atoms with E-state index in [-0.39, 0.29) is 4.21 Å². The third-order valence-corrected chi connectivity index (χ3v) is 5.38. The fraction of sp³-hybridized carbons (Fsp3) is 0.600. The number of hydrogen-bond donors (Lipinski definition) is 2. The van der Waals surface area contributed by atoms with Crippen LogP contribution in [0, 0.1) is 0 Å². The molecular formula is C10H14F4N2O2S2. The summed E-state index contributed by atoms with van der Waals surface area (Å²) in [6, 6.07) is 2.82. The Morgan fingerprint density at radius 1 is 1.35 bits per heavy atom. The summed E-state index contributed by atoms with van der Waals surface area (Å²) in [4.78, 5) is 0.750. The van der Waals surface area contributed by atoms with E-state index in [9.17, 15) is 26.0 Å². The molecule has 0 atom stereocenters. The first-order chi connectivity index (χ1) is 9.19. The quantitative estimate of drug-likeness (QED) is 0.712. The molecule has 1 aromatic rings. The Morgan fingerprint density at radius 2 is 2.00 bits per heavy atom. The lowest BCUT2D eigenvalue weighted by Gasteiger charge is -2.15. The van der Waals surface area contributed by atoms with Crippen LogP contribution in [0.25, 0.3) is 0 Å². The number of sulfonamides is 1. The molecule has 20 heavy (non-hydrogen) atoms. The highest BCUT2D eigenvalue weighted by Gasteiger charge is 2.41. The van der Waals surface area contributed by atoms with Crippen LogP contribution in [0.2, 0.25) is 0 Å². The largest absolute Gasteiger partial charge is 0.320 e. The Hall–Kier alpha value is -0.710. The van der Waals surface area contributed by atoms with Crippen LogP contribution in [-0.4, -0.2) is 40.9 Å². The standard InChI is InChI=1S/C10H14F4N2O2S2/c1-15-5-4-7-2-3-8(19-7)20(17,18)16-6-10(13,14)9(11)12/h2-3,9,15-16H,4-6H2,1H3. The molecule has 0 aliphatic carbocycles. The van der Waals surface area contributed by atoms with Crippen molar-refractivity contribution in [3.63, 3.8) is 0 Å². The molecule has 0 unspecified atom stereocenters. The molecule has 0 spiro atoms. The number of halogens is 4. The fourth-order valence-electron chi connectivity index (χ4n) is 1.22. The normalized spacial score (nSPS) is 13.1. The predicted octanol–water partition coefficient (Wildman–Crippen LogP) is 1.69. The van der Waals surface area contributed by atoms with E-state index < -0.39 is 28.9 Å². The van der Waals surface area contributed by atoms with Gasteiger partial charge in [0, 0.05) is 4.88 Å². The number of likely N-dealkylation sites (N-methyl/N-ethyl adjacent to an activating group) is 1. The maximum absolute atomic E-state index is 12.7. The minimum atomic E-state index is -4.39. The van der Waals surface area contributed by atoms with Gasteiger partial charge in [0.1, 0.15) is 4.21 Å². The third kappa shape index (κ3) is 4.69. The zero-order chi connectivity index (χ0) is 15.4. The number of alkyl halides is 4. The van der Waals surface area contributed by atoms with Crippen molar-refractivity contribution in [2.75, 3.05) is 20.1 Å². The lowest BCUT2D eigenvalue weighted by atomic mass is 10.3. The van der Waals surface area contributed by atoms with Crippen LogP contribution in [-0.2, 0) is 16.4 Å². The minimum Gasteiger partial charge on any atom is -0.319 e. The number of rotatable bonds is 8. The van der Waals surface area contributed by atoms with E-state index in [2.05, 4.69) is 5.32 Å². The molecule has 0 bridgehead atoms. The molecule has 0 aromatic carbocycles. The molecule has 116 valence electrons. The van der Waals surface area contributed by atoms with Crippen molar-refractivity contribution in [2.45, 2.75) is 23.0 Å². The Kier molecular flexibility index (Phi) is 5.92. The maximum atomic E-state index is 12.7. The average molecular weight is 334 g/mol. The summed E-state index contributed by atoms with van der Waals surface area (Å²) in [6.07, 6.45) is -3.33. The highest BCUT2D eigenvalue weighted by atomic mass is 32.2. The van der Waals surface area contributed by atoms with Gasteiger partial charge in [-0.1, -0.05) is 0 Å². The van der Waals surface area contributed by atoms with Crippen molar-refractivity contribution >= 4 is 21.4 Å². The monoisotopic (exact) mass is 334 g/mol. The van der Waals surface area contributed by atoms with Crippen LogP contribution in [0.15, 0.2) is 16.3 Å². The zero-order valence-electron chi connectivity index (χ0n) is 10.5. The second kappa shape index (κ2) is 6.83. The van der Waals surface area contributed by atoms with E-state index >= 15 is 0 Å². The molecule has 2 N–H and O–H groups in total. The highest BCUT2D eigenvalue weighted by Crippen LogP contribution is 2.25. The molecule has 0 aliphatic heterocycles. The molecule has 4 nitrogen and oxygen atoms in total. The van der Waals surface area contributed by atoms with E-state index in [4.69, 9.17) is 0 Å². The number of nitrogens with one attached hydrogen (secondary N) is 2. The third-order valence-electron chi connectivity index (χ3n) is 2.34. The SMILES string of the molecule is CNCCc1ccc(S(=O)(=O)NCC(F)(F)C(F)F)s1. The van der Waals surface area contributed by atoms with E-state index in [1.807, 2.05) is 0 Å². The Labute approximate surface area is 118 Å². The molecule has 0 radical (unpaired) electrons. The van der Waals surface area contributed by atoms with E-state index in [0.29, 0.717) is 13.0 Å². The van der Waals surface area contributed by atoms with Crippen molar-refractivity contribution < 1.29 is 26.0 Å². The van der Waals surface area contributed by atoms with E-state index in [1.54, 1.807) is 13.1 Å². The van der Waals surface area contributed by atoms with Crippen molar-refractivity contribution in [3.05, 3.63) is 17.0 Å². The average Bonchev–Trinajstić information content (AvgIpc) is 2.83. The van der Waals surface area contributed by atoms with Gasteiger partial charge in [0.25, 0.3) is 0 Å². The van der Waals surface area contributed by atoms with E-state index in [0.717, 1.165) is 16.2 Å². The Morgan fingerprint density at radius 3 is 2.55 bits per heavy atom. The topological polar surface area (TPSA) is 58.2 Å². The molecule has 0 saturated carbocycles. The van der Waals surface area contributed by atoms with Gasteiger partial charge in [-0.25, -0.2) is 21.9 Å². The fourth-order valence-corrected chi connectivity index (χ4v) is 3.67. The summed E-state index contributed by atoms with van der Waals surface area (Å²) in [5.41, 5.74) is 0. The van der Waals surface area contributed by atoms with Crippen molar-refractivity contribution in [3.8, 4) is 0 Å². The first-order valence-electron chi connectivity index (χ1n) is 5.58. The predicted molar refractivity (Wildman–Crippen MR) is 68.1 cm³/mol. The summed E-state index contributed by atoms with van der Waals surface area (Å²) in [5.74, 6) is -4.39. The second-order valence-corrected chi connectivity index (χ2v) is 7.12. The summed E-state index contributed by atoms with van der Waals surface area (Å²) < 4.78 is 74.0. The first-order valence-corrected chi connectivity index (χ1v) is 7.88. The van der Waals surface area contributed by atoms with Gasteiger partial charge in [0.05, 0.1) is 6.54 Å². The second-order valence-electron chi connectivity index (χ2n) is 3.96. The lowest BCUT2D eigenvalue weighted by Crippen LogP contribution is -2.41. The molecule has 1 rings (SSSR count). The van der Waals surface area contributed by atoms with Crippen LogP contribution in [0.4, 0.5) is 17.6 Å². The molecule has 0 saturated heterocycles. The van der Waals surface area contributed by atoms with Crippen LogP contribution < -0.4 is 10.0 Å². The lowest BCUT2D eigenvalue weighted by molar-refractivity contribution is -0.122. The first kappa shape index (κ1) is 17.3. The van der Waals surface area contributed by atoms with Crippen LogP contribution >= 0.6 is 11.3 Å². The van der Waals surface area contributed by atoms with E-state index in [1.165, 1.54) is 10.8 Å². The highest BCUT2D eigenvalue weighted by molar-refractivity contribution is 7.91. The van der Waals surface area contributed by atoms with Gasteiger partial charge < -0.3 is 5.32 Å². The Balaban J connectivity index is 2.72.